The zero-order chi connectivity index (χ0) is 9.26. The summed E-state index contributed by atoms with van der Waals surface area (Å²) in [6, 6.07) is 6.15. The van der Waals surface area contributed by atoms with E-state index in [1.54, 1.807) is 0 Å². The van der Waals surface area contributed by atoms with Crippen molar-refractivity contribution < 1.29 is 4.74 Å². The van der Waals surface area contributed by atoms with Crippen LogP contribution in [0.15, 0.2) is 22.7 Å². The Morgan fingerprint density at radius 1 is 1.38 bits per heavy atom. The quantitative estimate of drug-likeness (QED) is 0.770. The van der Waals surface area contributed by atoms with E-state index < -0.39 is 0 Å². The van der Waals surface area contributed by atoms with E-state index in [2.05, 4.69) is 37.9 Å². The maximum atomic E-state index is 5.77. The first kappa shape index (κ1) is 9.53. The summed E-state index contributed by atoms with van der Waals surface area (Å²) in [5.41, 5.74) is 1.22. The molecule has 0 heterocycles. The molecule has 1 nitrogen and oxygen atoms in total. The summed E-state index contributed by atoms with van der Waals surface area (Å²) >= 11 is 6.89. The molecule has 1 saturated carbocycles. The molecule has 0 aromatic heterocycles. The van der Waals surface area contributed by atoms with Gasteiger partial charge in [0.15, 0.2) is 0 Å². The molecule has 70 valence electrons. The van der Waals surface area contributed by atoms with E-state index >= 15 is 0 Å². The molecule has 0 N–H and O–H groups in total. The van der Waals surface area contributed by atoms with E-state index in [1.165, 1.54) is 18.4 Å². The first-order chi connectivity index (χ1) is 6.29. The fourth-order valence-corrected chi connectivity index (χ4v) is 1.92. The monoisotopic (exact) mass is 304 g/mol. The third-order valence-electron chi connectivity index (χ3n) is 1.99. The van der Waals surface area contributed by atoms with Gasteiger partial charge < -0.3 is 4.74 Å². The van der Waals surface area contributed by atoms with Crippen LogP contribution >= 0.6 is 31.9 Å². The van der Waals surface area contributed by atoms with Crippen LogP contribution in [-0.4, -0.2) is 6.10 Å². The highest BCUT2D eigenvalue weighted by atomic mass is 79.9. The lowest BCUT2D eigenvalue weighted by Crippen LogP contribution is -1.98. The summed E-state index contributed by atoms with van der Waals surface area (Å²) in [4.78, 5) is 0. The molecule has 1 aliphatic carbocycles. The molecule has 1 aromatic carbocycles. The van der Waals surface area contributed by atoms with E-state index in [1.807, 2.05) is 12.1 Å². The Morgan fingerprint density at radius 2 is 2.15 bits per heavy atom. The molecule has 0 bridgehead atoms. The normalized spacial score (nSPS) is 15.8. The van der Waals surface area contributed by atoms with Gasteiger partial charge in [-0.2, -0.15) is 0 Å². The Labute approximate surface area is 94.7 Å². The lowest BCUT2D eigenvalue weighted by atomic mass is 10.2. The summed E-state index contributed by atoms with van der Waals surface area (Å²) in [7, 11) is 0. The van der Waals surface area contributed by atoms with Gasteiger partial charge in [0.2, 0.25) is 0 Å². The summed E-state index contributed by atoms with van der Waals surface area (Å²) in [5.74, 6) is 1.01. The van der Waals surface area contributed by atoms with Gasteiger partial charge in [0, 0.05) is 15.4 Å². The minimum Gasteiger partial charge on any atom is -0.490 e. The lowest BCUT2D eigenvalue weighted by Gasteiger charge is -2.09. The number of hydrogen-bond donors (Lipinski definition) is 0. The maximum absolute atomic E-state index is 5.77. The zero-order valence-electron chi connectivity index (χ0n) is 7.09. The molecule has 0 unspecified atom stereocenters. The fourth-order valence-electron chi connectivity index (χ4n) is 1.11. The standard InChI is InChI=1S/C10H10Br2O/c11-6-7-1-2-8(12)5-10(7)13-9-3-4-9/h1-2,5,9H,3-4,6H2. The van der Waals surface area contributed by atoms with Crippen LogP contribution < -0.4 is 4.74 Å². The van der Waals surface area contributed by atoms with Crippen LogP contribution in [0.1, 0.15) is 18.4 Å². The number of rotatable bonds is 3. The van der Waals surface area contributed by atoms with Gasteiger partial charge in [0.25, 0.3) is 0 Å². The molecule has 0 spiro atoms. The van der Waals surface area contributed by atoms with Crippen LogP contribution in [0.3, 0.4) is 0 Å². The molecule has 1 fully saturated rings. The number of ether oxygens (including phenoxy) is 1. The predicted molar refractivity (Wildman–Crippen MR) is 60.4 cm³/mol. The Hall–Kier alpha value is -0.0200. The second-order valence-corrected chi connectivity index (χ2v) is 4.68. The van der Waals surface area contributed by atoms with E-state index in [0.717, 1.165) is 15.6 Å². The summed E-state index contributed by atoms with van der Waals surface area (Å²) < 4.78 is 6.84. The van der Waals surface area contributed by atoms with Crippen LogP contribution in [0, 0.1) is 0 Å². The number of alkyl halides is 1. The molecule has 1 aromatic rings. The SMILES string of the molecule is BrCc1ccc(Br)cc1OC1CC1. The Bertz CT molecular complexity index is 308. The predicted octanol–water partition coefficient (Wildman–Crippen LogP) is 3.89. The molecule has 0 amide bonds. The second kappa shape index (κ2) is 4.01. The molecular weight excluding hydrogens is 296 g/mol. The van der Waals surface area contributed by atoms with Crippen LogP contribution in [0.5, 0.6) is 5.75 Å². The van der Waals surface area contributed by atoms with Crippen molar-refractivity contribution in [2.75, 3.05) is 0 Å². The third kappa shape index (κ3) is 2.47. The minimum atomic E-state index is 0.465. The third-order valence-corrected chi connectivity index (χ3v) is 3.09. The van der Waals surface area contributed by atoms with E-state index in [-0.39, 0.29) is 0 Å². The van der Waals surface area contributed by atoms with Crippen molar-refractivity contribution in [3.63, 3.8) is 0 Å². The zero-order valence-corrected chi connectivity index (χ0v) is 10.3. The van der Waals surface area contributed by atoms with Crippen molar-refractivity contribution in [3.05, 3.63) is 28.2 Å². The first-order valence-corrected chi connectivity index (χ1v) is 6.22. The maximum Gasteiger partial charge on any atom is 0.124 e. The van der Waals surface area contributed by atoms with Gasteiger partial charge in [-0.3, -0.25) is 0 Å². The van der Waals surface area contributed by atoms with Gasteiger partial charge in [-0.25, -0.2) is 0 Å². The van der Waals surface area contributed by atoms with Crippen molar-refractivity contribution in [1.29, 1.82) is 0 Å². The molecule has 2 rings (SSSR count). The Balaban J connectivity index is 2.22. The second-order valence-electron chi connectivity index (χ2n) is 3.20. The van der Waals surface area contributed by atoms with Gasteiger partial charge in [-0.1, -0.05) is 37.9 Å². The number of hydrogen-bond acceptors (Lipinski definition) is 1. The average Bonchev–Trinajstić information content (AvgIpc) is 2.89. The van der Waals surface area contributed by atoms with Crippen molar-refractivity contribution in [2.45, 2.75) is 24.3 Å². The topological polar surface area (TPSA) is 9.23 Å². The van der Waals surface area contributed by atoms with Gasteiger partial charge in [0.05, 0.1) is 6.10 Å². The highest BCUT2D eigenvalue weighted by Crippen LogP contribution is 2.32. The molecule has 1 aliphatic rings. The smallest absolute Gasteiger partial charge is 0.124 e. The Kier molecular flexibility index (Phi) is 2.94. The molecule has 0 atom stereocenters. The highest BCUT2D eigenvalue weighted by Gasteiger charge is 2.24. The van der Waals surface area contributed by atoms with Crippen LogP contribution in [0.2, 0.25) is 0 Å². The molecule has 0 saturated heterocycles. The highest BCUT2D eigenvalue weighted by molar-refractivity contribution is 9.10. The van der Waals surface area contributed by atoms with E-state index in [4.69, 9.17) is 4.74 Å². The fraction of sp³-hybridized carbons (Fsp3) is 0.400. The molecule has 0 radical (unpaired) electrons. The van der Waals surface area contributed by atoms with Gasteiger partial charge in [-0.05, 0) is 25.0 Å². The summed E-state index contributed by atoms with van der Waals surface area (Å²) in [6.45, 7) is 0. The molecule has 13 heavy (non-hydrogen) atoms. The molecule has 3 heteroatoms. The van der Waals surface area contributed by atoms with E-state index in [0.29, 0.717) is 6.10 Å². The minimum absolute atomic E-state index is 0.465. The average molecular weight is 306 g/mol. The molecule has 0 aliphatic heterocycles. The van der Waals surface area contributed by atoms with Crippen molar-refractivity contribution in [3.8, 4) is 5.75 Å². The van der Waals surface area contributed by atoms with Gasteiger partial charge in [-0.15, -0.1) is 0 Å². The largest absolute Gasteiger partial charge is 0.490 e. The van der Waals surface area contributed by atoms with Crippen LogP contribution in [-0.2, 0) is 5.33 Å². The summed E-state index contributed by atoms with van der Waals surface area (Å²) in [6.07, 6.45) is 2.87. The first-order valence-electron chi connectivity index (χ1n) is 4.30. The van der Waals surface area contributed by atoms with Crippen LogP contribution in [0.25, 0.3) is 0 Å². The number of benzene rings is 1. The lowest BCUT2D eigenvalue weighted by molar-refractivity contribution is 0.301. The summed E-state index contributed by atoms with van der Waals surface area (Å²) in [5, 5.41) is 0.850. The van der Waals surface area contributed by atoms with Crippen molar-refractivity contribution >= 4 is 31.9 Å². The molecular formula is C10H10Br2O. The van der Waals surface area contributed by atoms with Gasteiger partial charge >= 0.3 is 0 Å². The van der Waals surface area contributed by atoms with E-state index in [9.17, 15) is 0 Å². The van der Waals surface area contributed by atoms with Crippen LogP contribution in [0.4, 0.5) is 0 Å². The van der Waals surface area contributed by atoms with Crippen molar-refractivity contribution in [1.82, 2.24) is 0 Å². The number of halogens is 2. The van der Waals surface area contributed by atoms with Crippen molar-refractivity contribution in [2.24, 2.45) is 0 Å². The van der Waals surface area contributed by atoms with Gasteiger partial charge in [0.1, 0.15) is 5.75 Å². The Morgan fingerprint density at radius 3 is 2.77 bits per heavy atom.